The average Bonchev–Trinajstić information content (AvgIpc) is 3.02. The minimum Gasteiger partial charge on any atom is -0.497 e. The Hall–Kier alpha value is -3.10. The van der Waals surface area contributed by atoms with Crippen LogP contribution in [0.4, 0.5) is 13.2 Å². The summed E-state index contributed by atoms with van der Waals surface area (Å²) in [4.78, 5) is 16.8. The number of aromatic nitrogens is 3. The summed E-state index contributed by atoms with van der Waals surface area (Å²) < 4.78 is 46.7. The third-order valence-electron chi connectivity index (χ3n) is 3.86. The molecule has 2 aromatic heterocycles. The van der Waals surface area contributed by atoms with Gasteiger partial charge in [-0.05, 0) is 39.0 Å². The van der Waals surface area contributed by atoms with Crippen LogP contribution in [0.3, 0.4) is 0 Å². The normalized spacial score (nSPS) is 12.2. The van der Waals surface area contributed by atoms with Crippen LogP contribution in [-0.2, 0) is 6.18 Å². The third-order valence-corrected chi connectivity index (χ3v) is 3.86. The number of hydrogen-bond donors (Lipinski definition) is 1. The third kappa shape index (κ3) is 3.92. The molecule has 148 valence electrons. The standard InChI is InChI=1S/C19H19F3N4O2/c1-18(2,3)25-17(27)13-10-23-26-15(19(20,21)22)9-14(24-16(13)26)11-6-5-7-12(8-11)28-4/h5-10H,1-4H3,(H,25,27). The molecule has 1 N–H and O–H groups in total. The molecule has 0 fully saturated rings. The van der Waals surface area contributed by atoms with E-state index < -0.39 is 23.3 Å². The number of nitrogens with one attached hydrogen (secondary N) is 1. The van der Waals surface area contributed by atoms with Gasteiger partial charge in [-0.2, -0.15) is 18.3 Å². The van der Waals surface area contributed by atoms with Crippen LogP contribution in [-0.4, -0.2) is 33.2 Å². The van der Waals surface area contributed by atoms with Gasteiger partial charge in [0.15, 0.2) is 11.3 Å². The summed E-state index contributed by atoms with van der Waals surface area (Å²) in [7, 11) is 1.46. The summed E-state index contributed by atoms with van der Waals surface area (Å²) in [6.45, 7) is 5.31. The number of rotatable bonds is 3. The number of carbonyl (C=O) groups excluding carboxylic acids is 1. The van der Waals surface area contributed by atoms with E-state index in [0.29, 0.717) is 15.8 Å². The minimum absolute atomic E-state index is 0.0369. The predicted octanol–water partition coefficient (Wildman–Crippen LogP) is 3.95. The van der Waals surface area contributed by atoms with Crippen molar-refractivity contribution in [1.29, 1.82) is 0 Å². The Balaban J connectivity index is 2.23. The first kappa shape index (κ1) is 19.7. The number of methoxy groups -OCH3 is 1. The number of alkyl halides is 3. The molecule has 1 amide bonds. The Labute approximate surface area is 159 Å². The molecule has 6 nitrogen and oxygen atoms in total. The van der Waals surface area contributed by atoms with Crippen LogP contribution >= 0.6 is 0 Å². The molecule has 0 unspecified atom stereocenters. The molecular formula is C19H19F3N4O2. The first-order valence-corrected chi connectivity index (χ1v) is 8.42. The van der Waals surface area contributed by atoms with Gasteiger partial charge < -0.3 is 10.1 Å². The molecule has 0 saturated carbocycles. The average molecular weight is 392 g/mol. The lowest BCUT2D eigenvalue weighted by molar-refractivity contribution is -0.142. The second-order valence-electron chi connectivity index (χ2n) is 7.25. The molecule has 2 heterocycles. The zero-order valence-corrected chi connectivity index (χ0v) is 15.8. The highest BCUT2D eigenvalue weighted by molar-refractivity contribution is 6.00. The number of hydrogen-bond acceptors (Lipinski definition) is 4. The molecule has 9 heteroatoms. The van der Waals surface area contributed by atoms with Crippen LogP contribution < -0.4 is 10.1 Å². The lowest BCUT2D eigenvalue weighted by atomic mass is 10.1. The van der Waals surface area contributed by atoms with Crippen molar-refractivity contribution in [3.05, 3.63) is 47.8 Å². The number of halogens is 3. The van der Waals surface area contributed by atoms with Crippen molar-refractivity contribution in [1.82, 2.24) is 19.9 Å². The highest BCUT2D eigenvalue weighted by Crippen LogP contribution is 2.33. The number of ether oxygens (including phenoxy) is 1. The molecule has 3 aromatic rings. The number of carbonyl (C=O) groups is 1. The Morgan fingerprint density at radius 3 is 2.50 bits per heavy atom. The van der Waals surface area contributed by atoms with E-state index in [-0.39, 0.29) is 16.9 Å². The van der Waals surface area contributed by atoms with Crippen LogP contribution in [0.1, 0.15) is 36.8 Å². The molecule has 1 aromatic carbocycles. The van der Waals surface area contributed by atoms with Gasteiger partial charge in [0.05, 0.1) is 19.0 Å². The summed E-state index contributed by atoms with van der Waals surface area (Å²) in [5, 5.41) is 6.47. The molecule has 3 rings (SSSR count). The monoisotopic (exact) mass is 392 g/mol. The summed E-state index contributed by atoms with van der Waals surface area (Å²) in [5.41, 5.74) is -1.31. The topological polar surface area (TPSA) is 68.5 Å². The first-order valence-electron chi connectivity index (χ1n) is 8.42. The van der Waals surface area contributed by atoms with Gasteiger partial charge in [-0.25, -0.2) is 9.50 Å². The van der Waals surface area contributed by atoms with Crippen LogP contribution in [0, 0.1) is 0 Å². The Bertz CT molecular complexity index is 1040. The van der Waals surface area contributed by atoms with Gasteiger partial charge in [0.1, 0.15) is 11.3 Å². The van der Waals surface area contributed by atoms with Crippen LogP contribution in [0.25, 0.3) is 16.9 Å². The second-order valence-corrected chi connectivity index (χ2v) is 7.25. The molecule has 0 atom stereocenters. The quantitative estimate of drug-likeness (QED) is 0.733. The summed E-state index contributed by atoms with van der Waals surface area (Å²) in [5.74, 6) is -0.0714. The highest BCUT2D eigenvalue weighted by atomic mass is 19.4. The fourth-order valence-electron chi connectivity index (χ4n) is 2.66. The van der Waals surface area contributed by atoms with Crippen LogP contribution in [0.15, 0.2) is 36.5 Å². The van der Waals surface area contributed by atoms with E-state index in [4.69, 9.17) is 4.74 Å². The number of fused-ring (bicyclic) bond motifs is 1. The van der Waals surface area contributed by atoms with E-state index in [0.717, 1.165) is 12.3 Å². The maximum Gasteiger partial charge on any atom is 0.433 e. The number of amides is 1. The van der Waals surface area contributed by atoms with Crippen molar-refractivity contribution < 1.29 is 22.7 Å². The molecule has 0 bridgehead atoms. The van der Waals surface area contributed by atoms with Gasteiger partial charge in [-0.3, -0.25) is 4.79 Å². The summed E-state index contributed by atoms with van der Waals surface area (Å²) in [6, 6.07) is 7.42. The van der Waals surface area contributed by atoms with Crippen molar-refractivity contribution >= 4 is 11.6 Å². The largest absolute Gasteiger partial charge is 0.497 e. The van der Waals surface area contributed by atoms with E-state index in [1.807, 2.05) is 0 Å². The minimum atomic E-state index is -4.68. The van der Waals surface area contributed by atoms with Crippen LogP contribution in [0.5, 0.6) is 5.75 Å². The zero-order chi connectivity index (χ0) is 20.7. The van der Waals surface area contributed by atoms with E-state index in [1.54, 1.807) is 45.0 Å². The Morgan fingerprint density at radius 1 is 1.18 bits per heavy atom. The maximum absolute atomic E-state index is 13.6. The van der Waals surface area contributed by atoms with Crippen molar-refractivity contribution in [3.63, 3.8) is 0 Å². The van der Waals surface area contributed by atoms with Crippen LogP contribution in [0.2, 0.25) is 0 Å². The lowest BCUT2D eigenvalue weighted by Crippen LogP contribution is -2.40. The van der Waals surface area contributed by atoms with Crippen molar-refractivity contribution in [3.8, 4) is 17.0 Å². The van der Waals surface area contributed by atoms with Crippen molar-refractivity contribution in [2.45, 2.75) is 32.5 Å². The molecule has 28 heavy (non-hydrogen) atoms. The summed E-state index contributed by atoms with van der Waals surface area (Å²) >= 11 is 0. The fraction of sp³-hybridized carbons (Fsp3) is 0.316. The summed E-state index contributed by atoms with van der Waals surface area (Å²) in [6.07, 6.45) is -3.59. The van der Waals surface area contributed by atoms with E-state index in [2.05, 4.69) is 15.4 Å². The number of nitrogens with zero attached hydrogens (tertiary/aromatic N) is 3. The fourth-order valence-corrected chi connectivity index (χ4v) is 2.66. The maximum atomic E-state index is 13.6. The van der Waals surface area contributed by atoms with Gasteiger partial charge in [0.25, 0.3) is 5.91 Å². The van der Waals surface area contributed by atoms with Crippen molar-refractivity contribution in [2.75, 3.05) is 7.11 Å². The van der Waals surface area contributed by atoms with Gasteiger partial charge in [0.2, 0.25) is 0 Å². The van der Waals surface area contributed by atoms with E-state index >= 15 is 0 Å². The molecule has 0 radical (unpaired) electrons. The predicted molar refractivity (Wildman–Crippen MR) is 97.2 cm³/mol. The Morgan fingerprint density at radius 2 is 1.89 bits per heavy atom. The van der Waals surface area contributed by atoms with Gasteiger partial charge in [-0.1, -0.05) is 12.1 Å². The van der Waals surface area contributed by atoms with Crippen molar-refractivity contribution in [2.24, 2.45) is 0 Å². The lowest BCUT2D eigenvalue weighted by Gasteiger charge is -2.20. The van der Waals surface area contributed by atoms with Gasteiger partial charge >= 0.3 is 6.18 Å². The number of benzene rings is 1. The molecule has 0 aliphatic carbocycles. The SMILES string of the molecule is COc1cccc(-c2cc(C(F)(F)F)n3ncc(C(=O)NC(C)(C)C)c3n2)c1. The smallest absolute Gasteiger partial charge is 0.433 e. The van der Waals surface area contributed by atoms with Gasteiger partial charge in [0, 0.05) is 11.1 Å². The molecule has 0 saturated heterocycles. The molecular weight excluding hydrogens is 373 g/mol. The van der Waals surface area contributed by atoms with Gasteiger partial charge in [-0.15, -0.1) is 0 Å². The first-order chi connectivity index (χ1) is 13.0. The second kappa shape index (κ2) is 6.81. The molecule has 0 aliphatic rings. The molecule has 0 spiro atoms. The van der Waals surface area contributed by atoms with E-state index in [1.165, 1.54) is 7.11 Å². The Kier molecular flexibility index (Phi) is 4.78. The molecule has 0 aliphatic heterocycles. The highest BCUT2D eigenvalue weighted by Gasteiger charge is 2.36. The van der Waals surface area contributed by atoms with E-state index in [9.17, 15) is 18.0 Å². The zero-order valence-electron chi connectivity index (χ0n) is 15.8.